The van der Waals surface area contributed by atoms with Crippen molar-refractivity contribution >= 4 is 40.0 Å². The third kappa shape index (κ3) is 11.8. The van der Waals surface area contributed by atoms with Crippen LogP contribution in [0.5, 0.6) is 0 Å². The van der Waals surface area contributed by atoms with E-state index in [0.29, 0.717) is 31.6 Å². The molecule has 0 aliphatic rings. The van der Waals surface area contributed by atoms with Crippen molar-refractivity contribution in [2.75, 3.05) is 39.4 Å². The number of aryl methyl sites for hydroxylation is 1. The summed E-state index contributed by atoms with van der Waals surface area (Å²) in [7, 11) is -3.50. The number of nitrogens with one attached hydrogen (secondary N) is 3. The fourth-order valence-corrected chi connectivity index (χ4v) is 3.17. The van der Waals surface area contributed by atoms with Crippen LogP contribution in [0, 0.1) is 12.8 Å². The van der Waals surface area contributed by atoms with Gasteiger partial charge in [-0.3, -0.25) is 4.99 Å². The van der Waals surface area contributed by atoms with Crippen LogP contribution < -0.4 is 15.4 Å². The highest BCUT2D eigenvalue weighted by molar-refractivity contribution is 14.0. The first-order valence-corrected chi connectivity index (χ1v) is 11.0. The van der Waals surface area contributed by atoms with Crippen molar-refractivity contribution < 1.29 is 13.2 Å². The van der Waals surface area contributed by atoms with Gasteiger partial charge in [0.25, 0.3) is 0 Å². The third-order valence-corrected chi connectivity index (χ3v) is 5.20. The summed E-state index contributed by atoms with van der Waals surface area (Å²) in [6, 6.07) is 6.77. The molecule has 0 fully saturated rings. The fraction of sp³-hybridized carbons (Fsp3) is 0.632. The van der Waals surface area contributed by atoms with E-state index in [1.807, 2.05) is 13.8 Å². The molecule has 3 N–H and O–H groups in total. The van der Waals surface area contributed by atoms with Crippen molar-refractivity contribution in [3.63, 3.8) is 0 Å². The van der Waals surface area contributed by atoms with Crippen LogP contribution in [-0.4, -0.2) is 53.8 Å². The van der Waals surface area contributed by atoms with Crippen LogP contribution in [0.3, 0.4) is 0 Å². The Morgan fingerprint density at radius 1 is 1.11 bits per heavy atom. The predicted molar refractivity (Wildman–Crippen MR) is 126 cm³/mol. The number of guanidine groups is 1. The van der Waals surface area contributed by atoms with Crippen LogP contribution in [0.1, 0.15) is 32.8 Å². The average molecular weight is 526 g/mol. The van der Waals surface area contributed by atoms with E-state index in [1.54, 1.807) is 24.3 Å². The van der Waals surface area contributed by atoms with Crippen molar-refractivity contribution in [1.29, 1.82) is 0 Å². The molecular weight excluding hydrogens is 491 g/mol. The van der Waals surface area contributed by atoms with Crippen molar-refractivity contribution in [3.05, 3.63) is 29.8 Å². The van der Waals surface area contributed by atoms with Crippen molar-refractivity contribution in [3.8, 4) is 0 Å². The van der Waals surface area contributed by atoms with Crippen LogP contribution in [0.25, 0.3) is 0 Å². The van der Waals surface area contributed by atoms with Crippen LogP contribution in [0.4, 0.5) is 0 Å². The zero-order valence-corrected chi connectivity index (χ0v) is 20.5. The zero-order valence-electron chi connectivity index (χ0n) is 17.3. The maximum Gasteiger partial charge on any atom is 0.240 e. The van der Waals surface area contributed by atoms with Gasteiger partial charge in [0.1, 0.15) is 0 Å². The summed E-state index contributed by atoms with van der Waals surface area (Å²) in [5.74, 6) is 1.29. The summed E-state index contributed by atoms with van der Waals surface area (Å²) in [6.07, 6.45) is 1.05. The first-order valence-electron chi connectivity index (χ1n) is 9.51. The summed E-state index contributed by atoms with van der Waals surface area (Å²) in [4.78, 5) is 4.65. The van der Waals surface area contributed by atoms with Gasteiger partial charge in [0, 0.05) is 26.2 Å². The summed E-state index contributed by atoms with van der Waals surface area (Å²) in [6.45, 7) is 11.6. The largest absolute Gasteiger partial charge is 0.380 e. The van der Waals surface area contributed by atoms with Crippen molar-refractivity contribution in [2.45, 2.75) is 39.0 Å². The van der Waals surface area contributed by atoms with E-state index in [2.05, 4.69) is 34.2 Å². The molecule has 0 aromatic heterocycles. The van der Waals surface area contributed by atoms with E-state index < -0.39 is 10.0 Å². The van der Waals surface area contributed by atoms with Crippen LogP contribution >= 0.6 is 24.0 Å². The van der Waals surface area contributed by atoms with Gasteiger partial charge in [-0.1, -0.05) is 31.5 Å². The van der Waals surface area contributed by atoms with E-state index in [0.717, 1.165) is 25.1 Å². The molecule has 9 heteroatoms. The number of sulfonamides is 1. The minimum Gasteiger partial charge on any atom is -0.380 e. The second-order valence-electron chi connectivity index (χ2n) is 6.69. The van der Waals surface area contributed by atoms with Crippen LogP contribution in [0.15, 0.2) is 34.2 Å². The summed E-state index contributed by atoms with van der Waals surface area (Å²) in [5, 5.41) is 6.31. The first-order chi connectivity index (χ1) is 12.8. The van der Waals surface area contributed by atoms with Gasteiger partial charge in [-0.25, -0.2) is 13.1 Å². The lowest BCUT2D eigenvalue weighted by molar-refractivity contribution is 0.128. The predicted octanol–water partition coefficient (Wildman–Crippen LogP) is 2.51. The van der Waals surface area contributed by atoms with Gasteiger partial charge in [-0.15, -0.1) is 24.0 Å². The van der Waals surface area contributed by atoms with Crippen molar-refractivity contribution in [2.24, 2.45) is 10.9 Å². The van der Waals surface area contributed by atoms with Gasteiger partial charge >= 0.3 is 0 Å². The number of hydrogen-bond donors (Lipinski definition) is 3. The molecule has 0 aliphatic carbocycles. The van der Waals surface area contributed by atoms with Gasteiger partial charge in [-0.05, 0) is 38.3 Å². The molecule has 0 bridgehead atoms. The summed E-state index contributed by atoms with van der Waals surface area (Å²) in [5.41, 5.74) is 1.02. The number of nitrogens with zero attached hydrogens (tertiary/aromatic N) is 1. The number of rotatable bonds is 12. The molecule has 28 heavy (non-hydrogen) atoms. The van der Waals surface area contributed by atoms with Gasteiger partial charge in [-0.2, -0.15) is 0 Å². The Morgan fingerprint density at radius 2 is 1.79 bits per heavy atom. The lowest BCUT2D eigenvalue weighted by Crippen LogP contribution is -2.39. The number of hydrogen-bond acceptors (Lipinski definition) is 4. The molecule has 0 saturated carbocycles. The Bertz CT molecular complexity index is 664. The molecule has 1 rings (SSSR count). The van der Waals surface area contributed by atoms with Crippen LogP contribution in [0.2, 0.25) is 0 Å². The lowest BCUT2D eigenvalue weighted by Gasteiger charge is -2.12. The molecule has 0 unspecified atom stereocenters. The topological polar surface area (TPSA) is 91.8 Å². The van der Waals surface area contributed by atoms with Gasteiger partial charge in [0.2, 0.25) is 10.0 Å². The second-order valence-corrected chi connectivity index (χ2v) is 8.46. The van der Waals surface area contributed by atoms with Gasteiger partial charge < -0.3 is 15.4 Å². The van der Waals surface area contributed by atoms with E-state index in [4.69, 9.17) is 4.74 Å². The SMILES string of the molecule is CCNC(=NCCNS(=O)(=O)c1ccc(C)cc1)NCCOCCC(C)C.I. The maximum atomic E-state index is 12.2. The Kier molecular flexibility index (Phi) is 14.5. The normalized spacial score (nSPS) is 12.0. The Hall–Kier alpha value is -0.910. The molecule has 0 atom stereocenters. The quantitative estimate of drug-likeness (QED) is 0.169. The first kappa shape index (κ1) is 27.1. The molecule has 0 saturated heterocycles. The zero-order chi connectivity index (χ0) is 20.1. The smallest absolute Gasteiger partial charge is 0.240 e. The molecule has 0 radical (unpaired) electrons. The molecule has 1 aromatic carbocycles. The van der Waals surface area contributed by atoms with E-state index in [-0.39, 0.29) is 35.4 Å². The molecule has 0 heterocycles. The molecule has 162 valence electrons. The second kappa shape index (κ2) is 15.0. The summed E-state index contributed by atoms with van der Waals surface area (Å²) < 4.78 is 32.6. The highest BCUT2D eigenvalue weighted by atomic mass is 127. The molecule has 0 aliphatic heterocycles. The van der Waals surface area contributed by atoms with E-state index in [9.17, 15) is 8.42 Å². The van der Waals surface area contributed by atoms with Crippen LogP contribution in [-0.2, 0) is 14.8 Å². The molecule has 0 amide bonds. The lowest BCUT2D eigenvalue weighted by atomic mass is 10.1. The molecular formula is C19H35IN4O3S. The molecule has 1 aromatic rings. The molecule has 7 nitrogen and oxygen atoms in total. The van der Waals surface area contributed by atoms with E-state index in [1.165, 1.54) is 0 Å². The standard InChI is InChI=1S/C19H34N4O3S.HI/c1-5-20-19(22-13-15-26-14-10-16(2)3)21-11-12-23-27(24,25)18-8-6-17(4)7-9-18;/h6-9,16,23H,5,10-15H2,1-4H3,(H2,20,21,22);1H. The molecule has 0 spiro atoms. The Morgan fingerprint density at radius 3 is 2.39 bits per heavy atom. The number of halogens is 1. The summed E-state index contributed by atoms with van der Waals surface area (Å²) >= 11 is 0. The number of ether oxygens (including phenoxy) is 1. The number of aliphatic imine (C=N–C) groups is 1. The Labute approximate surface area is 187 Å². The van der Waals surface area contributed by atoms with E-state index >= 15 is 0 Å². The highest BCUT2D eigenvalue weighted by Gasteiger charge is 2.12. The monoisotopic (exact) mass is 526 g/mol. The Balaban J connectivity index is 0.00000729. The third-order valence-electron chi connectivity index (χ3n) is 3.73. The van der Waals surface area contributed by atoms with Gasteiger partial charge in [0.05, 0.1) is 18.0 Å². The maximum absolute atomic E-state index is 12.2. The highest BCUT2D eigenvalue weighted by Crippen LogP contribution is 2.09. The minimum absolute atomic E-state index is 0. The van der Waals surface area contributed by atoms with Crippen molar-refractivity contribution in [1.82, 2.24) is 15.4 Å². The minimum atomic E-state index is -3.50. The number of benzene rings is 1. The average Bonchev–Trinajstić information content (AvgIpc) is 2.61. The van der Waals surface area contributed by atoms with Gasteiger partial charge in [0.15, 0.2) is 5.96 Å². The fourth-order valence-electron chi connectivity index (χ4n) is 2.15.